The molecule has 3 rings (SSSR count). The fourth-order valence-corrected chi connectivity index (χ4v) is 2.57. The van der Waals surface area contributed by atoms with E-state index < -0.39 is 11.7 Å². The molecule has 1 aliphatic heterocycles. The number of alkyl halides is 3. The third-order valence-corrected chi connectivity index (χ3v) is 3.68. The number of hydrogen-bond acceptors (Lipinski definition) is 3. The van der Waals surface area contributed by atoms with E-state index in [1.54, 1.807) is 0 Å². The minimum absolute atomic E-state index is 0.281. The van der Waals surface area contributed by atoms with Crippen molar-refractivity contribution in [2.75, 3.05) is 13.1 Å². The number of aromatic nitrogens is 1. The van der Waals surface area contributed by atoms with E-state index >= 15 is 0 Å². The van der Waals surface area contributed by atoms with Gasteiger partial charge < -0.3 is 9.73 Å². The second kappa shape index (κ2) is 5.09. The highest BCUT2D eigenvalue weighted by Crippen LogP contribution is 2.31. The molecule has 0 unspecified atom stereocenters. The minimum atomic E-state index is -4.34. The van der Waals surface area contributed by atoms with Gasteiger partial charge in [-0.1, -0.05) is 0 Å². The highest BCUT2D eigenvalue weighted by molar-refractivity contribution is 5.73. The van der Waals surface area contributed by atoms with Gasteiger partial charge in [0.15, 0.2) is 11.5 Å². The summed E-state index contributed by atoms with van der Waals surface area (Å²) in [6.07, 6.45) is -1.56. The second-order valence-corrected chi connectivity index (χ2v) is 5.19. The summed E-state index contributed by atoms with van der Waals surface area (Å²) in [5.74, 6) is 1.03. The fourth-order valence-electron chi connectivity index (χ4n) is 2.57. The molecule has 0 atom stereocenters. The topological polar surface area (TPSA) is 38.1 Å². The molecular weight excluding hydrogens is 269 g/mol. The third kappa shape index (κ3) is 2.80. The van der Waals surface area contributed by atoms with E-state index in [9.17, 15) is 13.2 Å². The summed E-state index contributed by atoms with van der Waals surface area (Å²) in [6, 6.07) is 3.42. The van der Waals surface area contributed by atoms with Crippen LogP contribution in [0.1, 0.15) is 24.3 Å². The number of hydrogen-bond donors (Lipinski definition) is 1. The Labute approximate surface area is 114 Å². The van der Waals surface area contributed by atoms with Crippen LogP contribution in [0.15, 0.2) is 22.6 Å². The van der Waals surface area contributed by atoms with Gasteiger partial charge in [0, 0.05) is 6.42 Å². The maximum Gasteiger partial charge on any atom is 0.416 e. The molecule has 1 aliphatic rings. The molecule has 108 valence electrons. The van der Waals surface area contributed by atoms with Gasteiger partial charge in [-0.2, -0.15) is 13.2 Å². The zero-order valence-electron chi connectivity index (χ0n) is 10.8. The van der Waals surface area contributed by atoms with E-state index in [0.717, 1.165) is 38.1 Å². The summed E-state index contributed by atoms with van der Waals surface area (Å²) >= 11 is 0. The molecule has 0 spiro atoms. The van der Waals surface area contributed by atoms with Gasteiger partial charge in [0.1, 0.15) is 5.52 Å². The largest absolute Gasteiger partial charge is 0.441 e. The Hall–Kier alpha value is -1.56. The standard InChI is InChI=1S/C14H15F3N2O/c15-14(16,17)10-1-2-12-11(8-10)19-13(20-12)7-9-3-5-18-6-4-9/h1-2,8-9,18H,3-7H2. The van der Waals surface area contributed by atoms with Crippen molar-refractivity contribution < 1.29 is 17.6 Å². The fraction of sp³-hybridized carbons (Fsp3) is 0.500. The van der Waals surface area contributed by atoms with Crippen molar-refractivity contribution in [1.29, 1.82) is 0 Å². The first-order valence-electron chi connectivity index (χ1n) is 6.70. The van der Waals surface area contributed by atoms with Gasteiger partial charge in [-0.15, -0.1) is 0 Å². The van der Waals surface area contributed by atoms with Crippen LogP contribution in [0.2, 0.25) is 0 Å². The molecule has 1 aromatic carbocycles. The molecule has 0 saturated carbocycles. The SMILES string of the molecule is FC(F)(F)c1ccc2oc(CC3CCNCC3)nc2c1. The number of rotatable bonds is 2. The monoisotopic (exact) mass is 284 g/mol. The molecule has 1 fully saturated rings. The first-order chi connectivity index (χ1) is 9.52. The predicted octanol–water partition coefficient (Wildman–Crippen LogP) is 3.39. The molecule has 1 N–H and O–H groups in total. The molecular formula is C14H15F3N2O. The zero-order chi connectivity index (χ0) is 14.2. The predicted molar refractivity (Wildman–Crippen MR) is 68.3 cm³/mol. The van der Waals surface area contributed by atoms with Gasteiger partial charge in [-0.05, 0) is 50.0 Å². The van der Waals surface area contributed by atoms with Gasteiger partial charge in [-0.25, -0.2) is 4.98 Å². The summed E-state index contributed by atoms with van der Waals surface area (Å²) < 4.78 is 43.4. The number of nitrogens with one attached hydrogen (secondary N) is 1. The van der Waals surface area contributed by atoms with Gasteiger partial charge >= 0.3 is 6.18 Å². The van der Waals surface area contributed by atoms with Gasteiger partial charge in [0.25, 0.3) is 0 Å². The van der Waals surface area contributed by atoms with Crippen LogP contribution in [-0.4, -0.2) is 18.1 Å². The molecule has 0 aliphatic carbocycles. The summed E-state index contributed by atoms with van der Waals surface area (Å²) in [6.45, 7) is 1.95. The Kier molecular flexibility index (Phi) is 3.41. The van der Waals surface area contributed by atoms with Gasteiger partial charge in [0.2, 0.25) is 0 Å². The maximum absolute atomic E-state index is 12.6. The average Bonchev–Trinajstić information content (AvgIpc) is 2.80. The molecule has 3 nitrogen and oxygen atoms in total. The quantitative estimate of drug-likeness (QED) is 0.918. The number of oxazole rings is 1. The highest BCUT2D eigenvalue weighted by atomic mass is 19.4. The second-order valence-electron chi connectivity index (χ2n) is 5.19. The number of benzene rings is 1. The lowest BCUT2D eigenvalue weighted by Crippen LogP contribution is -2.28. The van der Waals surface area contributed by atoms with E-state index in [-0.39, 0.29) is 5.52 Å². The van der Waals surface area contributed by atoms with E-state index in [1.165, 1.54) is 6.07 Å². The van der Waals surface area contributed by atoms with E-state index in [4.69, 9.17) is 4.42 Å². The Morgan fingerprint density at radius 1 is 1.25 bits per heavy atom. The highest BCUT2D eigenvalue weighted by Gasteiger charge is 2.31. The summed E-state index contributed by atoms with van der Waals surface area (Å²) in [5, 5.41) is 3.28. The summed E-state index contributed by atoms with van der Waals surface area (Å²) in [4.78, 5) is 4.19. The molecule has 0 bridgehead atoms. The van der Waals surface area contributed by atoms with Gasteiger partial charge in [-0.3, -0.25) is 0 Å². The summed E-state index contributed by atoms with van der Waals surface area (Å²) in [5.41, 5.74) is 0.0115. The Bertz CT molecular complexity index is 600. The lowest BCUT2D eigenvalue weighted by molar-refractivity contribution is -0.137. The van der Waals surface area contributed by atoms with E-state index in [0.29, 0.717) is 23.8 Å². The van der Waals surface area contributed by atoms with Crippen LogP contribution < -0.4 is 5.32 Å². The van der Waals surface area contributed by atoms with Crippen molar-refractivity contribution in [2.24, 2.45) is 5.92 Å². The molecule has 2 aromatic rings. The van der Waals surface area contributed by atoms with Crippen molar-refractivity contribution >= 4 is 11.1 Å². The first-order valence-corrected chi connectivity index (χ1v) is 6.70. The maximum atomic E-state index is 12.6. The lowest BCUT2D eigenvalue weighted by Gasteiger charge is -2.20. The Balaban J connectivity index is 1.83. The van der Waals surface area contributed by atoms with Crippen LogP contribution in [0.3, 0.4) is 0 Å². The van der Waals surface area contributed by atoms with Crippen molar-refractivity contribution in [1.82, 2.24) is 10.3 Å². The smallest absolute Gasteiger partial charge is 0.416 e. The van der Waals surface area contributed by atoms with E-state index in [1.807, 2.05) is 0 Å². The van der Waals surface area contributed by atoms with E-state index in [2.05, 4.69) is 10.3 Å². The van der Waals surface area contributed by atoms with Crippen molar-refractivity contribution in [3.8, 4) is 0 Å². The van der Waals surface area contributed by atoms with Crippen LogP contribution in [0.5, 0.6) is 0 Å². The minimum Gasteiger partial charge on any atom is -0.441 e. The Morgan fingerprint density at radius 2 is 2.00 bits per heavy atom. The number of halogens is 3. The van der Waals surface area contributed by atoms with Gasteiger partial charge in [0.05, 0.1) is 5.56 Å². The molecule has 20 heavy (non-hydrogen) atoms. The molecule has 0 amide bonds. The van der Waals surface area contributed by atoms with Crippen LogP contribution in [-0.2, 0) is 12.6 Å². The normalized spacial score (nSPS) is 17.8. The van der Waals surface area contributed by atoms with Crippen LogP contribution in [0.25, 0.3) is 11.1 Å². The lowest BCUT2D eigenvalue weighted by atomic mass is 9.95. The van der Waals surface area contributed by atoms with Crippen LogP contribution in [0, 0.1) is 5.92 Å². The molecule has 1 aromatic heterocycles. The molecule has 0 radical (unpaired) electrons. The van der Waals surface area contributed by atoms with Crippen molar-refractivity contribution in [3.05, 3.63) is 29.7 Å². The number of piperidine rings is 1. The van der Waals surface area contributed by atoms with Crippen molar-refractivity contribution in [3.63, 3.8) is 0 Å². The first kappa shape index (κ1) is 13.4. The Morgan fingerprint density at radius 3 is 2.70 bits per heavy atom. The molecule has 6 heteroatoms. The van der Waals surface area contributed by atoms with Crippen LogP contribution >= 0.6 is 0 Å². The number of nitrogens with zero attached hydrogens (tertiary/aromatic N) is 1. The number of fused-ring (bicyclic) bond motifs is 1. The van der Waals surface area contributed by atoms with Crippen molar-refractivity contribution in [2.45, 2.75) is 25.4 Å². The third-order valence-electron chi connectivity index (χ3n) is 3.68. The summed E-state index contributed by atoms with van der Waals surface area (Å²) in [7, 11) is 0. The average molecular weight is 284 g/mol. The molecule has 2 heterocycles. The zero-order valence-corrected chi connectivity index (χ0v) is 10.8. The van der Waals surface area contributed by atoms with Crippen LogP contribution in [0.4, 0.5) is 13.2 Å². The molecule has 1 saturated heterocycles.